The fourth-order valence-corrected chi connectivity index (χ4v) is 4.72. The number of carbonyl (C=O) groups is 2. The fourth-order valence-electron chi connectivity index (χ4n) is 4.72. The minimum Gasteiger partial charge on any atom is -0.497 e. The Morgan fingerprint density at radius 2 is 1.78 bits per heavy atom. The van der Waals surface area contributed by atoms with Crippen molar-refractivity contribution in [2.45, 2.75) is 25.8 Å². The molecule has 9 heteroatoms. The Morgan fingerprint density at radius 1 is 1.05 bits per heavy atom. The van der Waals surface area contributed by atoms with Gasteiger partial charge in [0.15, 0.2) is 0 Å². The van der Waals surface area contributed by atoms with Crippen LogP contribution in [-0.2, 0) is 14.3 Å². The van der Waals surface area contributed by atoms with E-state index in [1.54, 1.807) is 19.1 Å². The number of methoxy groups -OCH3 is 2. The van der Waals surface area contributed by atoms with E-state index in [0.717, 1.165) is 35.7 Å². The summed E-state index contributed by atoms with van der Waals surface area (Å²) in [5.74, 6) is 1.19. The van der Waals surface area contributed by atoms with Crippen molar-refractivity contribution in [1.29, 1.82) is 0 Å². The van der Waals surface area contributed by atoms with Crippen molar-refractivity contribution in [2.75, 3.05) is 60.2 Å². The molecule has 1 atom stereocenters. The molecule has 9 nitrogen and oxygen atoms in total. The number of ether oxygens (including phenoxy) is 3. The zero-order valence-electron chi connectivity index (χ0n) is 21.9. The molecule has 1 fully saturated rings. The largest absolute Gasteiger partial charge is 0.497 e. The molecule has 2 aliphatic rings. The second-order valence-electron chi connectivity index (χ2n) is 9.10. The van der Waals surface area contributed by atoms with Crippen LogP contribution in [0.4, 0.5) is 0 Å². The van der Waals surface area contributed by atoms with Gasteiger partial charge in [-0.1, -0.05) is 25.1 Å². The average molecular weight is 509 g/mol. The van der Waals surface area contributed by atoms with Gasteiger partial charge in [0, 0.05) is 44.6 Å². The molecule has 0 unspecified atom stereocenters. The molecule has 2 aromatic rings. The standard InChI is InChI=1S/C28H36N4O5/c1-4-27(33)31(14-13-30-15-17-37-18-16-30)20-28(34)32-25(23-7-5-6-8-26(23)36-3)19-24(29-32)21-9-11-22(35-2)12-10-21/h5-12,25H,4,13-20H2,1-3H3/t25-/m1/s1. The molecule has 2 amide bonds. The van der Waals surface area contributed by atoms with E-state index in [1.165, 1.54) is 5.01 Å². The number of hydrazone groups is 1. The summed E-state index contributed by atoms with van der Waals surface area (Å²) < 4.78 is 16.3. The first kappa shape index (κ1) is 26.6. The number of hydrogen-bond acceptors (Lipinski definition) is 7. The van der Waals surface area contributed by atoms with Crippen LogP contribution in [0, 0.1) is 0 Å². The van der Waals surface area contributed by atoms with Gasteiger partial charge in [-0.05, 0) is 35.9 Å². The predicted octanol–water partition coefficient (Wildman–Crippen LogP) is 2.95. The minimum absolute atomic E-state index is 0.0257. The van der Waals surface area contributed by atoms with E-state index < -0.39 is 0 Å². The van der Waals surface area contributed by atoms with Gasteiger partial charge in [-0.3, -0.25) is 14.5 Å². The van der Waals surface area contributed by atoms with E-state index in [2.05, 4.69) is 4.90 Å². The van der Waals surface area contributed by atoms with Gasteiger partial charge in [0.05, 0.1) is 39.2 Å². The van der Waals surface area contributed by atoms with Crippen molar-refractivity contribution in [3.05, 3.63) is 59.7 Å². The van der Waals surface area contributed by atoms with Gasteiger partial charge < -0.3 is 19.1 Å². The van der Waals surface area contributed by atoms with Crippen LogP contribution < -0.4 is 9.47 Å². The molecular formula is C28H36N4O5. The summed E-state index contributed by atoms with van der Waals surface area (Å²) in [6.07, 6.45) is 0.876. The second kappa shape index (κ2) is 12.7. The summed E-state index contributed by atoms with van der Waals surface area (Å²) >= 11 is 0. The van der Waals surface area contributed by atoms with Crippen LogP contribution in [-0.4, -0.2) is 92.5 Å². The highest BCUT2D eigenvalue weighted by Crippen LogP contribution is 2.37. The topological polar surface area (TPSA) is 83.9 Å². The first-order valence-corrected chi connectivity index (χ1v) is 12.8. The highest BCUT2D eigenvalue weighted by Gasteiger charge is 2.35. The molecule has 0 aliphatic carbocycles. The fraction of sp³-hybridized carbons (Fsp3) is 0.464. The molecule has 0 N–H and O–H groups in total. The van der Waals surface area contributed by atoms with E-state index in [9.17, 15) is 9.59 Å². The molecule has 2 heterocycles. The van der Waals surface area contributed by atoms with Crippen LogP contribution in [0.5, 0.6) is 11.5 Å². The number of nitrogens with zero attached hydrogens (tertiary/aromatic N) is 4. The molecule has 2 aliphatic heterocycles. The van der Waals surface area contributed by atoms with Gasteiger partial charge in [0.1, 0.15) is 18.0 Å². The predicted molar refractivity (Wildman–Crippen MR) is 141 cm³/mol. The summed E-state index contributed by atoms with van der Waals surface area (Å²) in [6.45, 7) is 6.04. The first-order valence-electron chi connectivity index (χ1n) is 12.8. The Kier molecular flexibility index (Phi) is 9.14. The highest BCUT2D eigenvalue weighted by molar-refractivity contribution is 6.03. The van der Waals surface area contributed by atoms with Crippen molar-refractivity contribution < 1.29 is 23.8 Å². The smallest absolute Gasteiger partial charge is 0.262 e. The number of morpholine rings is 1. The van der Waals surface area contributed by atoms with Gasteiger partial charge in [0.25, 0.3) is 5.91 Å². The lowest BCUT2D eigenvalue weighted by Crippen LogP contribution is -2.46. The summed E-state index contributed by atoms with van der Waals surface area (Å²) in [7, 11) is 3.25. The third-order valence-corrected chi connectivity index (χ3v) is 6.86. The lowest BCUT2D eigenvalue weighted by molar-refractivity contribution is -0.141. The molecule has 0 spiro atoms. The summed E-state index contributed by atoms with van der Waals surface area (Å²) in [6, 6.07) is 15.0. The van der Waals surface area contributed by atoms with E-state index >= 15 is 0 Å². The average Bonchev–Trinajstić information content (AvgIpc) is 3.41. The Hall–Kier alpha value is -3.43. The molecule has 0 saturated carbocycles. The maximum absolute atomic E-state index is 13.7. The molecular weight excluding hydrogens is 472 g/mol. The van der Waals surface area contributed by atoms with E-state index in [0.29, 0.717) is 44.9 Å². The number of carbonyl (C=O) groups excluding carboxylic acids is 2. The van der Waals surface area contributed by atoms with E-state index in [4.69, 9.17) is 19.3 Å². The van der Waals surface area contributed by atoms with Gasteiger partial charge in [-0.25, -0.2) is 5.01 Å². The first-order chi connectivity index (χ1) is 18.0. The lowest BCUT2D eigenvalue weighted by Gasteiger charge is -2.31. The normalized spacial score (nSPS) is 17.9. The van der Waals surface area contributed by atoms with Crippen LogP contribution in [0.1, 0.15) is 36.9 Å². The maximum Gasteiger partial charge on any atom is 0.262 e. The minimum atomic E-state index is -0.335. The molecule has 0 bridgehead atoms. The number of rotatable bonds is 10. The Labute approximate surface area is 218 Å². The highest BCUT2D eigenvalue weighted by atomic mass is 16.5. The second-order valence-corrected chi connectivity index (χ2v) is 9.10. The molecule has 198 valence electrons. The van der Waals surface area contributed by atoms with Gasteiger partial charge in [-0.2, -0.15) is 5.10 Å². The molecule has 2 aromatic carbocycles. The molecule has 4 rings (SSSR count). The van der Waals surface area contributed by atoms with Crippen molar-refractivity contribution in [3.8, 4) is 11.5 Å². The van der Waals surface area contributed by atoms with Crippen LogP contribution in [0.15, 0.2) is 53.6 Å². The quantitative estimate of drug-likeness (QED) is 0.491. The Balaban J connectivity index is 1.57. The molecule has 37 heavy (non-hydrogen) atoms. The van der Waals surface area contributed by atoms with Gasteiger partial charge in [-0.15, -0.1) is 0 Å². The van der Waals surface area contributed by atoms with Crippen LogP contribution >= 0.6 is 0 Å². The Morgan fingerprint density at radius 3 is 2.46 bits per heavy atom. The van der Waals surface area contributed by atoms with Crippen molar-refractivity contribution in [3.63, 3.8) is 0 Å². The summed E-state index contributed by atoms with van der Waals surface area (Å²) in [4.78, 5) is 30.4. The van der Waals surface area contributed by atoms with Crippen molar-refractivity contribution in [2.24, 2.45) is 5.10 Å². The van der Waals surface area contributed by atoms with Crippen LogP contribution in [0.25, 0.3) is 0 Å². The lowest BCUT2D eigenvalue weighted by atomic mass is 9.97. The number of amides is 2. The third-order valence-electron chi connectivity index (χ3n) is 6.86. The van der Waals surface area contributed by atoms with Gasteiger partial charge in [0.2, 0.25) is 5.91 Å². The van der Waals surface area contributed by atoms with Crippen LogP contribution in [0.3, 0.4) is 0 Å². The zero-order chi connectivity index (χ0) is 26.2. The summed E-state index contributed by atoms with van der Waals surface area (Å²) in [5, 5.41) is 6.30. The van der Waals surface area contributed by atoms with Crippen molar-refractivity contribution >= 4 is 17.5 Å². The SMILES string of the molecule is CCC(=O)N(CCN1CCOCC1)CC(=O)N1N=C(c2ccc(OC)cc2)C[C@@H]1c1ccccc1OC. The summed E-state index contributed by atoms with van der Waals surface area (Å²) in [5.41, 5.74) is 2.60. The molecule has 0 radical (unpaired) electrons. The maximum atomic E-state index is 13.7. The Bertz CT molecular complexity index is 1100. The monoisotopic (exact) mass is 508 g/mol. The van der Waals surface area contributed by atoms with Gasteiger partial charge >= 0.3 is 0 Å². The van der Waals surface area contributed by atoms with E-state index in [-0.39, 0.29) is 24.4 Å². The third kappa shape index (κ3) is 6.47. The zero-order valence-corrected chi connectivity index (χ0v) is 21.9. The van der Waals surface area contributed by atoms with Crippen molar-refractivity contribution in [1.82, 2.24) is 14.8 Å². The van der Waals surface area contributed by atoms with E-state index in [1.807, 2.05) is 55.5 Å². The molecule has 1 saturated heterocycles. The number of para-hydroxylation sites is 1. The molecule has 0 aromatic heterocycles. The number of hydrogen-bond donors (Lipinski definition) is 0. The van der Waals surface area contributed by atoms with Crippen LogP contribution in [0.2, 0.25) is 0 Å². The number of benzene rings is 2.